The van der Waals surface area contributed by atoms with Gasteiger partial charge < -0.3 is 15.4 Å². The number of para-hydroxylation sites is 1. The highest BCUT2D eigenvalue weighted by Crippen LogP contribution is 2.23. The van der Waals surface area contributed by atoms with E-state index < -0.39 is 12.0 Å². The molecule has 0 radical (unpaired) electrons. The molecule has 0 saturated carbocycles. The van der Waals surface area contributed by atoms with Gasteiger partial charge in [0.15, 0.2) is 0 Å². The lowest BCUT2D eigenvalue weighted by Crippen LogP contribution is -2.34. The van der Waals surface area contributed by atoms with Crippen LogP contribution in [0.5, 0.6) is 0 Å². The van der Waals surface area contributed by atoms with Gasteiger partial charge in [-0.3, -0.25) is 4.79 Å². The van der Waals surface area contributed by atoms with E-state index in [0.717, 1.165) is 11.3 Å². The lowest BCUT2D eigenvalue weighted by Gasteiger charge is -2.13. The molecule has 18 heavy (non-hydrogen) atoms. The minimum absolute atomic E-state index is 0.147. The van der Waals surface area contributed by atoms with E-state index in [0.29, 0.717) is 5.92 Å². The Morgan fingerprint density at radius 1 is 1.28 bits per heavy atom. The van der Waals surface area contributed by atoms with E-state index in [1.165, 1.54) is 7.11 Å². The zero-order valence-electron chi connectivity index (χ0n) is 10.8. The summed E-state index contributed by atoms with van der Waals surface area (Å²) in [6.45, 7) is 3.95. The summed E-state index contributed by atoms with van der Waals surface area (Å²) in [6, 6.07) is 7.14. The molecule has 5 nitrogen and oxygen atoms in total. The fourth-order valence-corrected chi connectivity index (χ4v) is 1.51. The highest BCUT2D eigenvalue weighted by atomic mass is 16.5. The van der Waals surface area contributed by atoms with Gasteiger partial charge in [0, 0.05) is 5.69 Å². The van der Waals surface area contributed by atoms with Crippen LogP contribution in [0.1, 0.15) is 25.3 Å². The van der Waals surface area contributed by atoms with Crippen LogP contribution in [0.3, 0.4) is 0 Å². The number of hydrogen-bond donors (Lipinski definition) is 2. The van der Waals surface area contributed by atoms with Crippen LogP contribution in [0.15, 0.2) is 24.3 Å². The first kappa shape index (κ1) is 14.0. The number of carbonyl (C=O) groups is 2. The number of rotatable bonds is 4. The van der Waals surface area contributed by atoms with Crippen molar-refractivity contribution in [3.05, 3.63) is 29.8 Å². The van der Waals surface area contributed by atoms with Crippen molar-refractivity contribution in [1.82, 2.24) is 5.32 Å². The highest BCUT2D eigenvalue weighted by Gasteiger charge is 2.09. The van der Waals surface area contributed by atoms with Gasteiger partial charge in [-0.1, -0.05) is 32.0 Å². The van der Waals surface area contributed by atoms with E-state index >= 15 is 0 Å². The normalized spacial score (nSPS) is 10.0. The molecule has 2 amide bonds. The van der Waals surface area contributed by atoms with Gasteiger partial charge in [-0.2, -0.15) is 0 Å². The molecule has 0 spiro atoms. The van der Waals surface area contributed by atoms with E-state index in [1.54, 1.807) is 0 Å². The van der Waals surface area contributed by atoms with Crippen molar-refractivity contribution < 1.29 is 14.3 Å². The maximum Gasteiger partial charge on any atom is 0.325 e. The van der Waals surface area contributed by atoms with Gasteiger partial charge in [-0.15, -0.1) is 0 Å². The topological polar surface area (TPSA) is 67.4 Å². The minimum Gasteiger partial charge on any atom is -0.468 e. The summed E-state index contributed by atoms with van der Waals surface area (Å²) in [4.78, 5) is 22.5. The summed E-state index contributed by atoms with van der Waals surface area (Å²) in [7, 11) is 1.27. The number of ether oxygens (including phenoxy) is 1. The molecule has 0 bridgehead atoms. The van der Waals surface area contributed by atoms with Gasteiger partial charge in [0.25, 0.3) is 0 Å². The number of esters is 1. The van der Waals surface area contributed by atoms with Crippen molar-refractivity contribution in [2.24, 2.45) is 0 Å². The summed E-state index contributed by atoms with van der Waals surface area (Å²) in [5.41, 5.74) is 1.79. The van der Waals surface area contributed by atoms with Crippen molar-refractivity contribution in [3.8, 4) is 0 Å². The summed E-state index contributed by atoms with van der Waals surface area (Å²) in [5.74, 6) is -0.176. The molecule has 0 unspecified atom stereocenters. The Labute approximate surface area is 107 Å². The predicted molar refractivity (Wildman–Crippen MR) is 69.6 cm³/mol. The van der Waals surface area contributed by atoms with E-state index in [9.17, 15) is 9.59 Å². The molecule has 2 N–H and O–H groups in total. The minimum atomic E-state index is -0.484. The van der Waals surface area contributed by atoms with Gasteiger partial charge in [-0.25, -0.2) is 4.79 Å². The number of nitrogens with one attached hydrogen (secondary N) is 2. The van der Waals surface area contributed by atoms with Crippen LogP contribution >= 0.6 is 0 Å². The third kappa shape index (κ3) is 4.08. The molecule has 0 heterocycles. The van der Waals surface area contributed by atoms with Crippen molar-refractivity contribution >= 4 is 17.7 Å². The average Bonchev–Trinajstić information content (AvgIpc) is 2.36. The van der Waals surface area contributed by atoms with Crippen LogP contribution in [0.2, 0.25) is 0 Å². The molecule has 5 heteroatoms. The fraction of sp³-hybridized carbons (Fsp3) is 0.385. The number of anilines is 1. The van der Waals surface area contributed by atoms with Crippen molar-refractivity contribution in [2.45, 2.75) is 19.8 Å². The molecule has 98 valence electrons. The van der Waals surface area contributed by atoms with E-state index in [1.807, 2.05) is 38.1 Å². The molecular weight excluding hydrogens is 232 g/mol. The van der Waals surface area contributed by atoms with Crippen LogP contribution in [0.4, 0.5) is 10.5 Å². The Balaban J connectivity index is 2.62. The molecule has 1 aromatic carbocycles. The molecule has 1 aromatic rings. The lowest BCUT2D eigenvalue weighted by molar-refractivity contribution is -0.139. The zero-order valence-corrected chi connectivity index (χ0v) is 10.8. The molecule has 1 rings (SSSR count). The summed E-state index contributed by atoms with van der Waals surface area (Å²) in [5, 5.41) is 5.14. The Morgan fingerprint density at radius 3 is 2.56 bits per heavy atom. The number of methoxy groups -OCH3 is 1. The molecular formula is C13H18N2O3. The predicted octanol–water partition coefficient (Wildman–Crippen LogP) is 2.10. The summed E-state index contributed by atoms with van der Waals surface area (Å²) >= 11 is 0. The quantitative estimate of drug-likeness (QED) is 0.804. The van der Waals surface area contributed by atoms with Crippen LogP contribution in [0, 0.1) is 0 Å². The summed E-state index contributed by atoms with van der Waals surface area (Å²) < 4.78 is 4.43. The third-order valence-corrected chi connectivity index (χ3v) is 2.45. The monoisotopic (exact) mass is 250 g/mol. The second-order valence-corrected chi connectivity index (χ2v) is 4.13. The first-order valence-corrected chi connectivity index (χ1v) is 5.75. The van der Waals surface area contributed by atoms with Gasteiger partial charge in [0.05, 0.1) is 7.11 Å². The summed E-state index contributed by atoms with van der Waals surface area (Å²) in [6.07, 6.45) is 0. The smallest absolute Gasteiger partial charge is 0.325 e. The Hall–Kier alpha value is -2.04. The molecule has 0 aliphatic heterocycles. The standard InChI is InChI=1S/C13H18N2O3/c1-9(2)10-6-4-5-7-11(10)15-13(17)14-8-12(16)18-3/h4-7,9H,8H2,1-3H3,(H2,14,15,17). The SMILES string of the molecule is COC(=O)CNC(=O)Nc1ccccc1C(C)C. The van der Waals surface area contributed by atoms with Gasteiger partial charge >= 0.3 is 12.0 Å². The highest BCUT2D eigenvalue weighted by molar-refractivity contribution is 5.92. The molecule has 0 atom stereocenters. The number of carbonyl (C=O) groups excluding carboxylic acids is 2. The van der Waals surface area contributed by atoms with Crippen molar-refractivity contribution in [3.63, 3.8) is 0 Å². The van der Waals surface area contributed by atoms with Crippen LogP contribution in [-0.4, -0.2) is 25.7 Å². The fourth-order valence-electron chi connectivity index (χ4n) is 1.51. The van der Waals surface area contributed by atoms with Crippen molar-refractivity contribution in [1.29, 1.82) is 0 Å². The zero-order chi connectivity index (χ0) is 13.5. The van der Waals surface area contributed by atoms with Gasteiger partial charge in [-0.05, 0) is 17.5 Å². The Morgan fingerprint density at radius 2 is 1.94 bits per heavy atom. The number of benzene rings is 1. The lowest BCUT2D eigenvalue weighted by atomic mass is 10.0. The van der Waals surface area contributed by atoms with Gasteiger partial charge in [0.2, 0.25) is 0 Å². The second kappa shape index (κ2) is 6.64. The number of hydrogen-bond acceptors (Lipinski definition) is 3. The van der Waals surface area contributed by atoms with Crippen LogP contribution in [0.25, 0.3) is 0 Å². The largest absolute Gasteiger partial charge is 0.468 e. The first-order chi connectivity index (χ1) is 8.54. The number of amides is 2. The molecule has 0 aliphatic carbocycles. The maximum atomic E-state index is 11.6. The molecule has 0 saturated heterocycles. The third-order valence-electron chi connectivity index (χ3n) is 2.45. The van der Waals surface area contributed by atoms with Gasteiger partial charge in [0.1, 0.15) is 6.54 Å². The van der Waals surface area contributed by atoms with E-state index in [2.05, 4.69) is 15.4 Å². The molecule has 0 aromatic heterocycles. The first-order valence-electron chi connectivity index (χ1n) is 5.75. The van der Waals surface area contributed by atoms with Crippen LogP contribution in [-0.2, 0) is 9.53 Å². The molecule has 0 aliphatic rings. The second-order valence-electron chi connectivity index (χ2n) is 4.13. The maximum absolute atomic E-state index is 11.6. The Kier molecular flexibility index (Phi) is 5.17. The van der Waals surface area contributed by atoms with E-state index in [4.69, 9.17) is 0 Å². The van der Waals surface area contributed by atoms with Crippen molar-refractivity contribution in [2.75, 3.05) is 19.0 Å². The molecule has 0 fully saturated rings. The van der Waals surface area contributed by atoms with Crippen LogP contribution < -0.4 is 10.6 Å². The van der Waals surface area contributed by atoms with E-state index in [-0.39, 0.29) is 6.54 Å². The Bertz CT molecular complexity index is 430. The number of urea groups is 1. The average molecular weight is 250 g/mol.